The minimum absolute atomic E-state index is 0.125. The fourth-order valence-corrected chi connectivity index (χ4v) is 1.83. The first-order valence-corrected chi connectivity index (χ1v) is 5.02. The highest BCUT2D eigenvalue weighted by Crippen LogP contribution is 2.34. The normalized spacial score (nSPS) is 12.9. The maximum Gasteiger partial charge on any atom is 0.148 e. The van der Waals surface area contributed by atoms with Gasteiger partial charge in [-0.15, -0.1) is 0 Å². The molecule has 0 saturated carbocycles. The van der Waals surface area contributed by atoms with Crippen molar-refractivity contribution >= 4 is 34.8 Å². The zero-order chi connectivity index (χ0) is 10.7. The molecule has 6 heteroatoms. The lowest BCUT2D eigenvalue weighted by molar-refractivity contribution is 0.442. The van der Waals surface area contributed by atoms with Crippen LogP contribution in [0.1, 0.15) is 18.0 Å². The lowest BCUT2D eigenvalue weighted by Crippen LogP contribution is -2.12. The van der Waals surface area contributed by atoms with E-state index in [0.717, 1.165) is 0 Å². The number of pyridine rings is 1. The molecule has 1 aromatic heterocycles. The molecule has 0 aliphatic rings. The molecular formula is C8H8Cl3FN2. The average Bonchev–Trinajstić information content (AvgIpc) is 2.13. The number of rotatable bonds is 3. The smallest absolute Gasteiger partial charge is 0.148 e. The SMILES string of the molecule is N[C@H](CCF)c1c(Cl)cnc(Cl)c1Cl. The van der Waals surface area contributed by atoms with E-state index in [1.165, 1.54) is 6.20 Å². The van der Waals surface area contributed by atoms with Crippen LogP contribution in [0.3, 0.4) is 0 Å². The van der Waals surface area contributed by atoms with E-state index in [0.29, 0.717) is 10.6 Å². The number of hydrogen-bond acceptors (Lipinski definition) is 2. The van der Waals surface area contributed by atoms with Crippen LogP contribution in [0.5, 0.6) is 0 Å². The zero-order valence-electron chi connectivity index (χ0n) is 7.11. The first-order chi connectivity index (χ1) is 6.57. The van der Waals surface area contributed by atoms with Crippen LogP contribution in [-0.2, 0) is 0 Å². The molecule has 1 heterocycles. The second-order valence-electron chi connectivity index (χ2n) is 2.71. The predicted octanol–water partition coefficient (Wildman–Crippen LogP) is 3.40. The third-order valence-corrected chi connectivity index (χ3v) is 2.82. The van der Waals surface area contributed by atoms with Crippen molar-refractivity contribution in [1.82, 2.24) is 4.98 Å². The highest BCUT2D eigenvalue weighted by molar-refractivity contribution is 6.43. The number of nitrogens with two attached hydrogens (primary N) is 1. The molecule has 2 N–H and O–H groups in total. The van der Waals surface area contributed by atoms with E-state index in [9.17, 15) is 4.39 Å². The number of nitrogens with zero attached hydrogens (tertiary/aromatic N) is 1. The summed E-state index contributed by atoms with van der Waals surface area (Å²) in [7, 11) is 0. The van der Waals surface area contributed by atoms with Crippen LogP contribution in [0.25, 0.3) is 0 Å². The van der Waals surface area contributed by atoms with E-state index in [4.69, 9.17) is 40.5 Å². The van der Waals surface area contributed by atoms with Crippen molar-refractivity contribution in [3.8, 4) is 0 Å². The number of halogens is 4. The predicted molar refractivity (Wildman–Crippen MR) is 56.8 cm³/mol. The molecule has 0 aromatic carbocycles. The van der Waals surface area contributed by atoms with E-state index in [1.54, 1.807) is 0 Å². The Balaban J connectivity index is 3.11. The van der Waals surface area contributed by atoms with Crippen LogP contribution in [0.15, 0.2) is 6.20 Å². The lowest BCUT2D eigenvalue weighted by Gasteiger charge is -2.13. The van der Waals surface area contributed by atoms with E-state index in [1.807, 2.05) is 0 Å². The van der Waals surface area contributed by atoms with Crippen molar-refractivity contribution < 1.29 is 4.39 Å². The van der Waals surface area contributed by atoms with Crippen LogP contribution >= 0.6 is 34.8 Å². The molecular weight excluding hydrogens is 249 g/mol. The van der Waals surface area contributed by atoms with Gasteiger partial charge in [-0.25, -0.2) is 4.98 Å². The summed E-state index contributed by atoms with van der Waals surface area (Å²) in [6, 6.07) is -0.555. The van der Waals surface area contributed by atoms with Gasteiger partial charge in [-0.3, -0.25) is 4.39 Å². The Kier molecular flexibility index (Phi) is 4.38. The van der Waals surface area contributed by atoms with Crippen molar-refractivity contribution in [3.63, 3.8) is 0 Å². The highest BCUT2D eigenvalue weighted by Gasteiger charge is 2.17. The molecule has 0 fully saturated rings. The molecule has 14 heavy (non-hydrogen) atoms. The van der Waals surface area contributed by atoms with Gasteiger partial charge in [0, 0.05) is 17.8 Å². The second-order valence-corrected chi connectivity index (χ2v) is 3.85. The number of alkyl halides is 1. The molecule has 0 saturated heterocycles. The molecule has 78 valence electrons. The third kappa shape index (κ3) is 2.48. The van der Waals surface area contributed by atoms with E-state index < -0.39 is 12.7 Å². The monoisotopic (exact) mass is 256 g/mol. The lowest BCUT2D eigenvalue weighted by atomic mass is 10.1. The number of hydrogen-bond donors (Lipinski definition) is 1. The summed E-state index contributed by atoms with van der Waals surface area (Å²) in [5.41, 5.74) is 6.13. The Hall–Kier alpha value is -0.0900. The van der Waals surface area contributed by atoms with Gasteiger partial charge in [-0.1, -0.05) is 34.8 Å². The largest absolute Gasteiger partial charge is 0.324 e. The Labute approximate surface area is 96.2 Å². The first-order valence-electron chi connectivity index (χ1n) is 3.88. The molecule has 1 atom stereocenters. The minimum atomic E-state index is -0.555. The van der Waals surface area contributed by atoms with E-state index in [2.05, 4.69) is 4.98 Å². The summed E-state index contributed by atoms with van der Waals surface area (Å²) in [6.07, 6.45) is 1.50. The number of aromatic nitrogens is 1. The van der Waals surface area contributed by atoms with E-state index in [-0.39, 0.29) is 16.6 Å². The first kappa shape index (κ1) is 12.0. The van der Waals surface area contributed by atoms with Gasteiger partial charge in [-0.2, -0.15) is 0 Å². The fourth-order valence-electron chi connectivity index (χ4n) is 1.06. The molecule has 1 aromatic rings. The molecule has 0 unspecified atom stereocenters. The molecule has 0 radical (unpaired) electrons. The van der Waals surface area contributed by atoms with Crippen LogP contribution < -0.4 is 5.73 Å². The van der Waals surface area contributed by atoms with Crippen molar-refractivity contribution in [2.75, 3.05) is 6.67 Å². The Morgan fingerprint density at radius 3 is 2.64 bits per heavy atom. The van der Waals surface area contributed by atoms with Crippen LogP contribution in [0.4, 0.5) is 4.39 Å². The molecule has 1 rings (SSSR count). The molecule has 2 nitrogen and oxygen atoms in total. The second kappa shape index (κ2) is 5.12. The van der Waals surface area contributed by atoms with Gasteiger partial charge in [0.2, 0.25) is 0 Å². The molecule has 0 spiro atoms. The van der Waals surface area contributed by atoms with Crippen LogP contribution in [0, 0.1) is 0 Å². The molecule has 0 bridgehead atoms. The van der Waals surface area contributed by atoms with Gasteiger partial charge in [0.25, 0.3) is 0 Å². The van der Waals surface area contributed by atoms with Gasteiger partial charge in [0.15, 0.2) is 0 Å². The topological polar surface area (TPSA) is 38.9 Å². The summed E-state index contributed by atoms with van der Waals surface area (Å²) in [5, 5.41) is 0.626. The maximum absolute atomic E-state index is 12.1. The summed E-state index contributed by atoms with van der Waals surface area (Å²) in [6.45, 7) is -0.534. The van der Waals surface area contributed by atoms with Gasteiger partial charge >= 0.3 is 0 Å². The zero-order valence-corrected chi connectivity index (χ0v) is 9.37. The Bertz CT molecular complexity index is 333. The fraction of sp³-hybridized carbons (Fsp3) is 0.375. The van der Waals surface area contributed by atoms with Crippen molar-refractivity contribution in [2.45, 2.75) is 12.5 Å². The summed E-state index contributed by atoms with van der Waals surface area (Å²) in [5.74, 6) is 0. The minimum Gasteiger partial charge on any atom is -0.324 e. The Morgan fingerprint density at radius 1 is 1.43 bits per heavy atom. The standard InChI is InChI=1S/C8H8Cl3FN2/c9-4-3-14-8(11)7(10)6(4)5(13)1-2-12/h3,5H,1-2,13H2/t5-/m1/s1. The van der Waals surface area contributed by atoms with Crippen molar-refractivity contribution in [3.05, 3.63) is 27.0 Å². The van der Waals surface area contributed by atoms with Gasteiger partial charge in [-0.05, 0) is 6.42 Å². The van der Waals surface area contributed by atoms with E-state index >= 15 is 0 Å². The third-order valence-electron chi connectivity index (χ3n) is 1.76. The van der Waals surface area contributed by atoms with Crippen molar-refractivity contribution in [2.24, 2.45) is 5.73 Å². The summed E-state index contributed by atoms with van der Waals surface area (Å²) in [4.78, 5) is 3.73. The average molecular weight is 258 g/mol. The van der Waals surface area contributed by atoms with Crippen molar-refractivity contribution in [1.29, 1.82) is 0 Å². The van der Waals surface area contributed by atoms with Gasteiger partial charge in [0.1, 0.15) is 5.15 Å². The Morgan fingerprint density at radius 2 is 2.07 bits per heavy atom. The van der Waals surface area contributed by atoms with Crippen LogP contribution in [0.2, 0.25) is 15.2 Å². The highest BCUT2D eigenvalue weighted by atomic mass is 35.5. The van der Waals surface area contributed by atoms with Crippen LogP contribution in [-0.4, -0.2) is 11.7 Å². The molecule has 0 aliphatic heterocycles. The summed E-state index contributed by atoms with van der Waals surface area (Å²) >= 11 is 17.4. The maximum atomic E-state index is 12.1. The molecule has 0 amide bonds. The summed E-state index contributed by atoms with van der Waals surface area (Å²) < 4.78 is 12.1. The van der Waals surface area contributed by atoms with Gasteiger partial charge in [0.05, 0.1) is 16.7 Å². The molecule has 0 aliphatic carbocycles. The van der Waals surface area contributed by atoms with Gasteiger partial charge < -0.3 is 5.73 Å². The quantitative estimate of drug-likeness (QED) is 0.843.